The molecule has 122 valence electrons. The first kappa shape index (κ1) is 16.5. The smallest absolute Gasteiger partial charge is 0.348 e. The minimum atomic E-state index is -0.300. The summed E-state index contributed by atoms with van der Waals surface area (Å²) in [6, 6.07) is 10.7. The van der Waals surface area contributed by atoms with Crippen molar-refractivity contribution in [3.8, 4) is 10.4 Å². The van der Waals surface area contributed by atoms with Crippen molar-refractivity contribution in [2.24, 2.45) is 0 Å². The van der Waals surface area contributed by atoms with Gasteiger partial charge in [0.15, 0.2) is 0 Å². The Kier molecular flexibility index (Phi) is 5.35. The van der Waals surface area contributed by atoms with Gasteiger partial charge in [-0.05, 0) is 65.6 Å². The second kappa shape index (κ2) is 7.47. The predicted molar refractivity (Wildman–Crippen MR) is 98.3 cm³/mol. The van der Waals surface area contributed by atoms with E-state index in [0.29, 0.717) is 10.9 Å². The molecule has 1 aliphatic heterocycles. The summed E-state index contributed by atoms with van der Waals surface area (Å²) >= 11 is 4.99. The Bertz CT molecular complexity index is 696. The lowest BCUT2D eigenvalue weighted by atomic mass is 10.1. The maximum absolute atomic E-state index is 11.7. The molecule has 0 bridgehead atoms. The number of thiophene rings is 1. The SMILES string of the molecule is COC(=O)c1cc(Br)c(-c2cccc(NC3CCNCC3)c2)s1. The van der Waals surface area contributed by atoms with Gasteiger partial charge in [-0.1, -0.05) is 12.1 Å². The minimum absolute atomic E-state index is 0.300. The molecule has 1 aromatic carbocycles. The van der Waals surface area contributed by atoms with Gasteiger partial charge in [0.25, 0.3) is 0 Å². The van der Waals surface area contributed by atoms with Crippen LogP contribution in [-0.2, 0) is 4.74 Å². The van der Waals surface area contributed by atoms with E-state index in [1.165, 1.54) is 18.4 Å². The van der Waals surface area contributed by atoms with Crippen molar-refractivity contribution in [2.45, 2.75) is 18.9 Å². The fourth-order valence-electron chi connectivity index (χ4n) is 2.72. The number of rotatable bonds is 4. The number of carbonyl (C=O) groups is 1. The third kappa shape index (κ3) is 3.94. The summed E-state index contributed by atoms with van der Waals surface area (Å²) in [6.07, 6.45) is 2.28. The zero-order chi connectivity index (χ0) is 16.2. The number of hydrogen-bond acceptors (Lipinski definition) is 5. The minimum Gasteiger partial charge on any atom is -0.465 e. The van der Waals surface area contributed by atoms with Crippen molar-refractivity contribution in [1.82, 2.24) is 5.32 Å². The lowest BCUT2D eigenvalue weighted by molar-refractivity contribution is 0.0606. The number of benzene rings is 1. The number of esters is 1. The monoisotopic (exact) mass is 394 g/mol. The molecule has 0 atom stereocenters. The van der Waals surface area contributed by atoms with Crippen molar-refractivity contribution in [3.05, 3.63) is 39.7 Å². The van der Waals surface area contributed by atoms with Crippen molar-refractivity contribution in [2.75, 3.05) is 25.5 Å². The lowest BCUT2D eigenvalue weighted by Crippen LogP contribution is -2.35. The largest absolute Gasteiger partial charge is 0.465 e. The highest BCUT2D eigenvalue weighted by atomic mass is 79.9. The Labute approximate surface area is 148 Å². The van der Waals surface area contributed by atoms with Gasteiger partial charge in [0.05, 0.1) is 7.11 Å². The highest BCUT2D eigenvalue weighted by Crippen LogP contribution is 2.37. The van der Waals surface area contributed by atoms with Gasteiger partial charge in [-0.3, -0.25) is 0 Å². The summed E-state index contributed by atoms with van der Waals surface area (Å²) in [5.74, 6) is -0.300. The molecule has 2 N–H and O–H groups in total. The number of anilines is 1. The quantitative estimate of drug-likeness (QED) is 0.765. The Morgan fingerprint density at radius 2 is 2.13 bits per heavy atom. The summed E-state index contributed by atoms with van der Waals surface area (Å²) in [4.78, 5) is 13.3. The van der Waals surface area contributed by atoms with Crippen LogP contribution in [0.25, 0.3) is 10.4 Å². The first-order valence-corrected chi connectivity index (χ1v) is 9.23. The lowest BCUT2D eigenvalue weighted by Gasteiger charge is -2.24. The summed E-state index contributed by atoms with van der Waals surface area (Å²) in [7, 11) is 1.40. The summed E-state index contributed by atoms with van der Waals surface area (Å²) in [5.41, 5.74) is 2.21. The van der Waals surface area contributed by atoms with Crippen LogP contribution in [0.2, 0.25) is 0 Å². The molecule has 4 nitrogen and oxygen atoms in total. The molecule has 1 aliphatic rings. The van der Waals surface area contributed by atoms with Gasteiger partial charge < -0.3 is 15.4 Å². The van der Waals surface area contributed by atoms with E-state index >= 15 is 0 Å². The van der Waals surface area contributed by atoms with E-state index in [9.17, 15) is 4.79 Å². The van der Waals surface area contributed by atoms with Gasteiger partial charge >= 0.3 is 5.97 Å². The predicted octanol–water partition coefficient (Wildman–Crippen LogP) is 4.13. The molecule has 1 saturated heterocycles. The molecular weight excluding hydrogens is 376 g/mol. The van der Waals surface area contributed by atoms with Crippen LogP contribution in [0, 0.1) is 0 Å². The highest BCUT2D eigenvalue weighted by molar-refractivity contribution is 9.10. The van der Waals surface area contributed by atoms with E-state index < -0.39 is 0 Å². The van der Waals surface area contributed by atoms with Gasteiger partial charge in [-0.2, -0.15) is 0 Å². The van der Waals surface area contributed by atoms with Gasteiger partial charge in [-0.25, -0.2) is 4.79 Å². The molecule has 6 heteroatoms. The molecule has 0 spiro atoms. The van der Waals surface area contributed by atoms with E-state index in [1.54, 1.807) is 0 Å². The van der Waals surface area contributed by atoms with E-state index in [0.717, 1.165) is 46.5 Å². The molecule has 23 heavy (non-hydrogen) atoms. The molecule has 2 heterocycles. The van der Waals surface area contributed by atoms with Crippen LogP contribution in [0.4, 0.5) is 5.69 Å². The zero-order valence-electron chi connectivity index (χ0n) is 12.9. The van der Waals surface area contributed by atoms with Crippen LogP contribution in [0.5, 0.6) is 0 Å². The van der Waals surface area contributed by atoms with E-state index in [2.05, 4.69) is 44.8 Å². The molecule has 0 aliphatic carbocycles. The molecule has 0 amide bonds. The van der Waals surface area contributed by atoms with Crippen LogP contribution >= 0.6 is 27.3 Å². The molecule has 0 saturated carbocycles. The van der Waals surface area contributed by atoms with Crippen LogP contribution in [0.3, 0.4) is 0 Å². The van der Waals surface area contributed by atoms with Gasteiger partial charge in [0.1, 0.15) is 4.88 Å². The van der Waals surface area contributed by atoms with Crippen molar-refractivity contribution in [3.63, 3.8) is 0 Å². The van der Waals surface area contributed by atoms with Gasteiger partial charge in [0, 0.05) is 21.1 Å². The first-order chi connectivity index (χ1) is 11.2. The van der Waals surface area contributed by atoms with E-state index in [1.807, 2.05) is 12.1 Å². The zero-order valence-corrected chi connectivity index (χ0v) is 15.3. The first-order valence-electron chi connectivity index (χ1n) is 7.62. The summed E-state index contributed by atoms with van der Waals surface area (Å²) in [6.45, 7) is 2.13. The van der Waals surface area contributed by atoms with Crippen molar-refractivity contribution >= 4 is 38.9 Å². The standard InChI is InChI=1S/C17H19BrN2O2S/c1-22-17(21)15-10-14(18)16(23-15)11-3-2-4-13(9-11)20-12-5-7-19-8-6-12/h2-4,9-10,12,19-20H,5-8H2,1H3. The average molecular weight is 395 g/mol. The maximum atomic E-state index is 11.7. The van der Waals surface area contributed by atoms with Gasteiger partial charge in [-0.15, -0.1) is 11.3 Å². The number of methoxy groups -OCH3 is 1. The molecule has 0 radical (unpaired) electrons. The van der Waals surface area contributed by atoms with Crippen LogP contribution in [0.1, 0.15) is 22.5 Å². The molecule has 1 fully saturated rings. The third-order valence-electron chi connectivity index (χ3n) is 3.91. The third-order valence-corrected chi connectivity index (χ3v) is 5.96. The van der Waals surface area contributed by atoms with E-state index in [-0.39, 0.29) is 5.97 Å². The average Bonchev–Trinajstić information content (AvgIpc) is 2.97. The highest BCUT2D eigenvalue weighted by Gasteiger charge is 2.16. The van der Waals surface area contributed by atoms with Gasteiger partial charge in [0.2, 0.25) is 0 Å². The van der Waals surface area contributed by atoms with E-state index in [4.69, 9.17) is 4.74 Å². The molecule has 0 unspecified atom stereocenters. The number of nitrogens with one attached hydrogen (secondary N) is 2. The normalized spacial score (nSPS) is 15.4. The Morgan fingerprint density at radius 1 is 1.35 bits per heavy atom. The second-order valence-corrected chi connectivity index (χ2v) is 7.44. The summed E-state index contributed by atoms with van der Waals surface area (Å²) < 4.78 is 5.72. The molecule has 2 aromatic rings. The number of halogens is 1. The summed E-state index contributed by atoms with van der Waals surface area (Å²) in [5, 5.41) is 6.98. The Hall–Kier alpha value is -1.37. The fraction of sp³-hybridized carbons (Fsp3) is 0.353. The molecule has 3 rings (SSSR count). The fourth-order valence-corrected chi connectivity index (χ4v) is 4.54. The second-order valence-electron chi connectivity index (χ2n) is 5.53. The Balaban J connectivity index is 1.81. The number of hydrogen-bond donors (Lipinski definition) is 2. The molecule has 1 aromatic heterocycles. The number of piperidine rings is 1. The molecular formula is C17H19BrN2O2S. The van der Waals surface area contributed by atoms with Crippen LogP contribution in [0.15, 0.2) is 34.8 Å². The maximum Gasteiger partial charge on any atom is 0.348 e. The topological polar surface area (TPSA) is 50.4 Å². The van der Waals surface area contributed by atoms with Crippen LogP contribution in [-0.4, -0.2) is 32.2 Å². The number of ether oxygens (including phenoxy) is 1. The number of carbonyl (C=O) groups excluding carboxylic acids is 1. The van der Waals surface area contributed by atoms with Crippen molar-refractivity contribution < 1.29 is 9.53 Å². The van der Waals surface area contributed by atoms with Crippen LogP contribution < -0.4 is 10.6 Å². The Morgan fingerprint density at radius 3 is 2.87 bits per heavy atom. The van der Waals surface area contributed by atoms with Crippen molar-refractivity contribution in [1.29, 1.82) is 0 Å².